The van der Waals surface area contributed by atoms with Gasteiger partial charge in [0, 0.05) is 31.1 Å². The molecule has 2 aliphatic rings. The molecule has 2 N–H and O–H groups in total. The summed E-state index contributed by atoms with van der Waals surface area (Å²) in [5, 5.41) is 7.08. The van der Waals surface area contributed by atoms with Gasteiger partial charge in [0.15, 0.2) is 4.73 Å². The Morgan fingerprint density at radius 3 is 2.68 bits per heavy atom. The van der Waals surface area contributed by atoms with Crippen LogP contribution < -0.4 is 10.6 Å². The summed E-state index contributed by atoms with van der Waals surface area (Å²) < 4.78 is 0.712. The summed E-state index contributed by atoms with van der Waals surface area (Å²) in [4.78, 5) is 9.08. The number of hydrogen-bond donors (Lipinski definition) is 2. The van der Waals surface area contributed by atoms with Crippen LogP contribution in [-0.4, -0.2) is 22.6 Å². The SMILES string of the molecule is Brc1nc2c(c(NC3CCCCCC3)n1)CNCC2. The number of aromatic nitrogens is 2. The molecule has 1 aliphatic heterocycles. The molecule has 5 heteroatoms. The molecular formula is C14H21BrN4. The third kappa shape index (κ3) is 3.26. The van der Waals surface area contributed by atoms with Gasteiger partial charge in [-0.25, -0.2) is 9.97 Å². The van der Waals surface area contributed by atoms with E-state index in [2.05, 4.69) is 36.5 Å². The molecule has 0 radical (unpaired) electrons. The normalized spacial score (nSPS) is 20.7. The van der Waals surface area contributed by atoms with Gasteiger partial charge in [0.1, 0.15) is 5.82 Å². The fraction of sp³-hybridized carbons (Fsp3) is 0.714. The van der Waals surface area contributed by atoms with Gasteiger partial charge in [-0.15, -0.1) is 0 Å². The van der Waals surface area contributed by atoms with Crippen LogP contribution in [0.25, 0.3) is 0 Å². The molecule has 0 bridgehead atoms. The van der Waals surface area contributed by atoms with Crippen LogP contribution in [0.1, 0.15) is 49.8 Å². The van der Waals surface area contributed by atoms with E-state index in [-0.39, 0.29) is 0 Å². The maximum Gasteiger partial charge on any atom is 0.198 e. The molecule has 1 fully saturated rings. The minimum atomic E-state index is 0.579. The summed E-state index contributed by atoms with van der Waals surface area (Å²) in [6.07, 6.45) is 8.97. The highest BCUT2D eigenvalue weighted by Crippen LogP contribution is 2.26. The third-order valence-electron chi connectivity index (χ3n) is 4.10. The molecule has 1 aromatic heterocycles. The molecule has 0 amide bonds. The topological polar surface area (TPSA) is 49.8 Å². The van der Waals surface area contributed by atoms with E-state index in [1.54, 1.807) is 0 Å². The quantitative estimate of drug-likeness (QED) is 0.648. The molecule has 1 aliphatic carbocycles. The van der Waals surface area contributed by atoms with Gasteiger partial charge in [0.25, 0.3) is 0 Å². The number of hydrogen-bond acceptors (Lipinski definition) is 4. The second kappa shape index (κ2) is 6.18. The maximum atomic E-state index is 4.57. The predicted octanol–water partition coefficient (Wildman–Crippen LogP) is 3.02. The summed E-state index contributed by atoms with van der Waals surface area (Å²) in [6, 6.07) is 0.579. The molecule has 1 saturated carbocycles. The van der Waals surface area contributed by atoms with Crippen LogP contribution in [0.5, 0.6) is 0 Å². The number of rotatable bonds is 2. The summed E-state index contributed by atoms with van der Waals surface area (Å²) >= 11 is 3.44. The Morgan fingerprint density at radius 1 is 1.11 bits per heavy atom. The predicted molar refractivity (Wildman–Crippen MR) is 80.3 cm³/mol. The molecular weight excluding hydrogens is 304 g/mol. The van der Waals surface area contributed by atoms with Crippen molar-refractivity contribution in [1.29, 1.82) is 0 Å². The lowest BCUT2D eigenvalue weighted by Crippen LogP contribution is -2.28. The van der Waals surface area contributed by atoms with E-state index in [4.69, 9.17) is 0 Å². The third-order valence-corrected chi connectivity index (χ3v) is 4.46. The van der Waals surface area contributed by atoms with E-state index in [0.29, 0.717) is 10.8 Å². The standard InChI is InChI=1S/C14H21BrN4/c15-14-18-12-7-8-16-9-11(12)13(19-14)17-10-5-3-1-2-4-6-10/h10,16H,1-9H2,(H,17,18,19). The van der Waals surface area contributed by atoms with E-state index in [9.17, 15) is 0 Å². The van der Waals surface area contributed by atoms with Crippen LogP contribution in [0, 0.1) is 0 Å². The van der Waals surface area contributed by atoms with Gasteiger partial charge in [-0.2, -0.15) is 0 Å². The first kappa shape index (κ1) is 13.3. The molecule has 0 spiro atoms. The Hall–Kier alpha value is -0.680. The van der Waals surface area contributed by atoms with Crippen LogP contribution in [0.2, 0.25) is 0 Å². The van der Waals surface area contributed by atoms with E-state index in [1.807, 2.05) is 0 Å². The molecule has 3 rings (SSSR count). The molecule has 2 heterocycles. The molecule has 19 heavy (non-hydrogen) atoms. The molecule has 1 aromatic rings. The van der Waals surface area contributed by atoms with Crippen molar-refractivity contribution in [3.63, 3.8) is 0 Å². The number of anilines is 1. The van der Waals surface area contributed by atoms with Gasteiger partial charge >= 0.3 is 0 Å². The van der Waals surface area contributed by atoms with E-state index < -0.39 is 0 Å². The van der Waals surface area contributed by atoms with E-state index in [1.165, 1.54) is 49.8 Å². The minimum absolute atomic E-state index is 0.579. The van der Waals surface area contributed by atoms with Crippen LogP contribution in [-0.2, 0) is 13.0 Å². The van der Waals surface area contributed by atoms with Gasteiger partial charge < -0.3 is 10.6 Å². The van der Waals surface area contributed by atoms with Crippen LogP contribution >= 0.6 is 15.9 Å². The number of nitrogens with zero attached hydrogens (tertiary/aromatic N) is 2. The van der Waals surface area contributed by atoms with Crippen molar-refractivity contribution in [2.24, 2.45) is 0 Å². The van der Waals surface area contributed by atoms with Crippen molar-refractivity contribution in [2.45, 2.75) is 57.5 Å². The van der Waals surface area contributed by atoms with Crippen LogP contribution in [0.15, 0.2) is 4.73 Å². The van der Waals surface area contributed by atoms with Crippen molar-refractivity contribution < 1.29 is 0 Å². The van der Waals surface area contributed by atoms with Crippen LogP contribution in [0.3, 0.4) is 0 Å². The molecule has 4 nitrogen and oxygen atoms in total. The number of fused-ring (bicyclic) bond motifs is 1. The van der Waals surface area contributed by atoms with Crippen molar-refractivity contribution in [2.75, 3.05) is 11.9 Å². The number of halogens is 1. The largest absolute Gasteiger partial charge is 0.367 e. The Kier molecular flexibility index (Phi) is 4.33. The summed E-state index contributed by atoms with van der Waals surface area (Å²) in [7, 11) is 0. The van der Waals surface area contributed by atoms with E-state index >= 15 is 0 Å². The Bertz CT molecular complexity index is 441. The first-order valence-corrected chi connectivity index (χ1v) is 8.15. The lowest BCUT2D eigenvalue weighted by Gasteiger charge is -2.23. The minimum Gasteiger partial charge on any atom is -0.367 e. The van der Waals surface area contributed by atoms with Crippen LogP contribution in [0.4, 0.5) is 5.82 Å². The Morgan fingerprint density at radius 2 is 1.89 bits per heavy atom. The second-order valence-electron chi connectivity index (χ2n) is 5.53. The molecule has 0 unspecified atom stereocenters. The Balaban J connectivity index is 1.81. The van der Waals surface area contributed by atoms with Gasteiger partial charge in [0.2, 0.25) is 0 Å². The summed E-state index contributed by atoms with van der Waals surface area (Å²) in [6.45, 7) is 1.90. The van der Waals surface area contributed by atoms with Gasteiger partial charge in [-0.3, -0.25) is 0 Å². The lowest BCUT2D eigenvalue weighted by molar-refractivity contribution is 0.601. The van der Waals surface area contributed by atoms with Gasteiger partial charge in [0.05, 0.1) is 5.69 Å². The highest BCUT2D eigenvalue weighted by Gasteiger charge is 2.19. The average molecular weight is 325 g/mol. The molecule has 104 valence electrons. The average Bonchev–Trinajstić information content (AvgIpc) is 2.67. The van der Waals surface area contributed by atoms with Crippen molar-refractivity contribution in [1.82, 2.24) is 15.3 Å². The fourth-order valence-corrected chi connectivity index (χ4v) is 3.44. The highest BCUT2D eigenvalue weighted by atomic mass is 79.9. The van der Waals surface area contributed by atoms with E-state index in [0.717, 1.165) is 25.3 Å². The monoisotopic (exact) mass is 324 g/mol. The first-order chi connectivity index (χ1) is 9.33. The zero-order valence-corrected chi connectivity index (χ0v) is 12.8. The smallest absolute Gasteiger partial charge is 0.198 e. The van der Waals surface area contributed by atoms with Crippen molar-refractivity contribution >= 4 is 21.7 Å². The highest BCUT2D eigenvalue weighted by molar-refractivity contribution is 9.10. The second-order valence-corrected chi connectivity index (χ2v) is 6.24. The first-order valence-electron chi connectivity index (χ1n) is 7.35. The number of nitrogens with one attached hydrogen (secondary N) is 2. The summed E-state index contributed by atoms with van der Waals surface area (Å²) in [5.41, 5.74) is 2.45. The maximum absolute atomic E-state index is 4.57. The molecule has 0 aromatic carbocycles. The Labute approximate surface area is 122 Å². The zero-order chi connectivity index (χ0) is 13.1. The van der Waals surface area contributed by atoms with Crippen molar-refractivity contribution in [3.8, 4) is 0 Å². The fourth-order valence-electron chi connectivity index (χ4n) is 3.05. The van der Waals surface area contributed by atoms with Gasteiger partial charge in [-0.1, -0.05) is 25.7 Å². The zero-order valence-electron chi connectivity index (χ0n) is 11.2. The lowest BCUT2D eigenvalue weighted by atomic mass is 10.1. The molecule has 0 atom stereocenters. The van der Waals surface area contributed by atoms with Gasteiger partial charge in [-0.05, 0) is 28.8 Å². The van der Waals surface area contributed by atoms with Crippen molar-refractivity contribution in [3.05, 3.63) is 16.0 Å². The summed E-state index contributed by atoms with van der Waals surface area (Å²) in [5.74, 6) is 1.04. The molecule has 0 saturated heterocycles.